The second kappa shape index (κ2) is 4.39. The van der Waals surface area contributed by atoms with E-state index in [0.29, 0.717) is 0 Å². The summed E-state index contributed by atoms with van der Waals surface area (Å²) in [5, 5.41) is 9.16. The van der Waals surface area contributed by atoms with Crippen LogP contribution < -0.4 is 0 Å². The maximum Gasteiger partial charge on any atom is 0.314 e. The first-order valence-corrected chi connectivity index (χ1v) is 5.10. The van der Waals surface area contributed by atoms with Crippen molar-refractivity contribution in [3.63, 3.8) is 0 Å². The highest BCUT2D eigenvalue weighted by Gasteiger charge is 2.41. The Morgan fingerprint density at radius 2 is 1.76 bits per heavy atom. The summed E-state index contributed by atoms with van der Waals surface area (Å²) < 4.78 is 39.5. The smallest absolute Gasteiger partial charge is 0.314 e. The number of rotatable bonds is 3. The predicted octanol–water partition coefficient (Wildman–Crippen LogP) is 3.10. The lowest BCUT2D eigenvalue weighted by Crippen LogP contribution is -2.39. The van der Waals surface area contributed by atoms with Crippen LogP contribution in [-0.2, 0) is 10.2 Å². The van der Waals surface area contributed by atoms with Crippen molar-refractivity contribution < 1.29 is 23.1 Å². The van der Waals surface area contributed by atoms with Crippen molar-refractivity contribution in [3.8, 4) is 0 Å². The highest BCUT2D eigenvalue weighted by molar-refractivity contribution is 5.81. The van der Waals surface area contributed by atoms with Gasteiger partial charge >= 0.3 is 5.97 Å². The van der Waals surface area contributed by atoms with Gasteiger partial charge in [-0.25, -0.2) is 13.2 Å². The highest BCUT2D eigenvalue weighted by atomic mass is 19.2. The molecule has 0 aliphatic rings. The number of carboxylic acid groups (broad SMARTS) is 1. The molecule has 0 heterocycles. The molecule has 0 fully saturated rings. The average molecular weight is 246 g/mol. The van der Waals surface area contributed by atoms with E-state index in [4.69, 9.17) is 5.11 Å². The van der Waals surface area contributed by atoms with Crippen molar-refractivity contribution >= 4 is 5.97 Å². The summed E-state index contributed by atoms with van der Waals surface area (Å²) in [6.45, 7) is 4.44. The lowest BCUT2D eigenvalue weighted by Gasteiger charge is -2.30. The molecule has 1 unspecified atom stereocenters. The molecule has 94 valence electrons. The third kappa shape index (κ3) is 2.01. The molecule has 0 aliphatic carbocycles. The molecule has 0 aliphatic heterocycles. The van der Waals surface area contributed by atoms with E-state index in [1.54, 1.807) is 13.8 Å². The van der Waals surface area contributed by atoms with Gasteiger partial charge in [0.25, 0.3) is 0 Å². The molecule has 0 saturated carbocycles. The summed E-state index contributed by atoms with van der Waals surface area (Å²) in [6.07, 6.45) is 0. The van der Waals surface area contributed by atoms with Gasteiger partial charge in [0.1, 0.15) is 0 Å². The van der Waals surface area contributed by atoms with E-state index in [9.17, 15) is 18.0 Å². The molecular weight excluding hydrogens is 233 g/mol. The molecule has 5 heteroatoms. The fourth-order valence-corrected chi connectivity index (χ4v) is 1.60. The Labute approximate surface area is 97.1 Å². The van der Waals surface area contributed by atoms with E-state index >= 15 is 0 Å². The molecule has 0 amide bonds. The molecule has 17 heavy (non-hydrogen) atoms. The third-order valence-corrected chi connectivity index (χ3v) is 3.19. The lowest BCUT2D eigenvalue weighted by atomic mass is 9.73. The molecule has 0 bridgehead atoms. The molecular formula is C12H13F3O2. The Hall–Kier alpha value is -1.52. The predicted molar refractivity (Wildman–Crippen MR) is 56.1 cm³/mol. The molecule has 0 saturated heterocycles. The van der Waals surface area contributed by atoms with Crippen LogP contribution in [0.4, 0.5) is 13.2 Å². The first-order valence-electron chi connectivity index (χ1n) is 5.10. The zero-order chi connectivity index (χ0) is 13.4. The molecule has 2 nitrogen and oxygen atoms in total. The Morgan fingerprint density at radius 1 is 1.24 bits per heavy atom. The first kappa shape index (κ1) is 13.5. The van der Waals surface area contributed by atoms with Crippen LogP contribution in [0.25, 0.3) is 0 Å². The van der Waals surface area contributed by atoms with Gasteiger partial charge in [-0.2, -0.15) is 0 Å². The highest BCUT2D eigenvalue weighted by Crippen LogP contribution is 2.35. The fraction of sp³-hybridized carbons (Fsp3) is 0.417. The van der Waals surface area contributed by atoms with Crippen molar-refractivity contribution in [3.05, 3.63) is 35.1 Å². The lowest BCUT2D eigenvalue weighted by molar-refractivity contribution is -0.145. The molecule has 0 spiro atoms. The van der Waals surface area contributed by atoms with Crippen LogP contribution >= 0.6 is 0 Å². The van der Waals surface area contributed by atoms with Gasteiger partial charge in [0, 0.05) is 5.56 Å². The first-order chi connectivity index (χ1) is 7.72. The van der Waals surface area contributed by atoms with Crippen molar-refractivity contribution in [1.82, 2.24) is 0 Å². The van der Waals surface area contributed by atoms with Crippen LogP contribution in [0.2, 0.25) is 0 Å². The average Bonchev–Trinajstić information content (AvgIpc) is 2.24. The maximum absolute atomic E-state index is 13.6. The van der Waals surface area contributed by atoms with Gasteiger partial charge < -0.3 is 5.11 Å². The molecule has 1 atom stereocenters. The quantitative estimate of drug-likeness (QED) is 0.832. The molecule has 1 rings (SSSR count). The SMILES string of the molecule is CC(C)C(C)(C(=O)O)c1ccc(F)c(F)c1F. The van der Waals surface area contributed by atoms with Gasteiger partial charge in [-0.15, -0.1) is 0 Å². The van der Waals surface area contributed by atoms with Gasteiger partial charge in [-0.05, 0) is 18.9 Å². The second-order valence-corrected chi connectivity index (χ2v) is 4.39. The Bertz CT molecular complexity index is 457. The largest absolute Gasteiger partial charge is 0.481 e. The van der Waals surface area contributed by atoms with Crippen LogP contribution in [0.15, 0.2) is 12.1 Å². The Morgan fingerprint density at radius 3 is 2.18 bits per heavy atom. The van der Waals surface area contributed by atoms with Crippen LogP contribution in [-0.4, -0.2) is 11.1 Å². The van der Waals surface area contributed by atoms with Crippen molar-refractivity contribution in [2.75, 3.05) is 0 Å². The van der Waals surface area contributed by atoms with Gasteiger partial charge in [0.2, 0.25) is 0 Å². The Kier molecular flexibility index (Phi) is 3.50. The number of hydrogen-bond donors (Lipinski definition) is 1. The number of aliphatic carboxylic acids is 1. The zero-order valence-corrected chi connectivity index (χ0v) is 9.72. The van der Waals surface area contributed by atoms with Crippen LogP contribution in [0, 0.1) is 23.4 Å². The van der Waals surface area contributed by atoms with E-state index in [2.05, 4.69) is 0 Å². The van der Waals surface area contributed by atoms with Gasteiger partial charge in [-0.3, -0.25) is 4.79 Å². The van der Waals surface area contributed by atoms with E-state index in [-0.39, 0.29) is 5.56 Å². The van der Waals surface area contributed by atoms with Crippen molar-refractivity contribution in [1.29, 1.82) is 0 Å². The minimum absolute atomic E-state index is 0.348. The van der Waals surface area contributed by atoms with Crippen molar-refractivity contribution in [2.45, 2.75) is 26.2 Å². The standard InChI is InChI=1S/C12H13F3O2/c1-6(2)12(3,11(16)17)7-4-5-8(13)10(15)9(7)14/h4-6H,1-3H3,(H,16,17). The van der Waals surface area contributed by atoms with E-state index < -0.39 is 34.8 Å². The normalized spacial score (nSPS) is 14.8. The molecule has 0 aromatic heterocycles. The third-order valence-electron chi connectivity index (χ3n) is 3.19. The summed E-state index contributed by atoms with van der Waals surface area (Å²) in [4.78, 5) is 11.2. The number of hydrogen-bond acceptors (Lipinski definition) is 1. The van der Waals surface area contributed by atoms with Crippen LogP contribution in [0.5, 0.6) is 0 Å². The number of carboxylic acids is 1. The van der Waals surface area contributed by atoms with E-state index in [1.165, 1.54) is 6.92 Å². The monoisotopic (exact) mass is 246 g/mol. The minimum atomic E-state index is -1.64. The van der Waals surface area contributed by atoms with Gasteiger partial charge in [0.15, 0.2) is 17.5 Å². The minimum Gasteiger partial charge on any atom is -0.481 e. The number of halogens is 3. The summed E-state index contributed by atoms with van der Waals surface area (Å²) >= 11 is 0. The molecule has 1 aromatic rings. The summed E-state index contributed by atoms with van der Waals surface area (Å²) in [6, 6.07) is 1.71. The Balaban J connectivity index is 3.51. The maximum atomic E-state index is 13.6. The topological polar surface area (TPSA) is 37.3 Å². The van der Waals surface area contributed by atoms with Crippen molar-refractivity contribution in [2.24, 2.45) is 5.92 Å². The number of carbonyl (C=O) groups is 1. The zero-order valence-electron chi connectivity index (χ0n) is 9.72. The van der Waals surface area contributed by atoms with Crippen LogP contribution in [0.3, 0.4) is 0 Å². The fourth-order valence-electron chi connectivity index (χ4n) is 1.60. The summed E-state index contributed by atoms with van der Waals surface area (Å²) in [5.74, 6) is -6.17. The summed E-state index contributed by atoms with van der Waals surface area (Å²) in [5.41, 5.74) is -1.95. The number of benzene rings is 1. The second-order valence-electron chi connectivity index (χ2n) is 4.39. The van der Waals surface area contributed by atoms with E-state index in [1.807, 2.05) is 0 Å². The summed E-state index contributed by atoms with van der Waals surface area (Å²) in [7, 11) is 0. The van der Waals surface area contributed by atoms with Gasteiger partial charge in [0.05, 0.1) is 5.41 Å². The molecule has 1 aromatic carbocycles. The van der Waals surface area contributed by atoms with Crippen LogP contribution in [0.1, 0.15) is 26.3 Å². The molecule has 0 radical (unpaired) electrons. The molecule has 1 N–H and O–H groups in total. The van der Waals surface area contributed by atoms with E-state index in [0.717, 1.165) is 12.1 Å². The van der Waals surface area contributed by atoms with Gasteiger partial charge in [-0.1, -0.05) is 19.9 Å².